The zero-order valence-electron chi connectivity index (χ0n) is 21.3. The zero-order chi connectivity index (χ0) is 27.1. The van der Waals surface area contributed by atoms with Crippen LogP contribution in [0.4, 0.5) is 21.1 Å². The van der Waals surface area contributed by atoms with Crippen molar-refractivity contribution >= 4 is 38.2 Å². The highest BCUT2D eigenvalue weighted by atomic mass is 32.3. The quantitative estimate of drug-likeness (QED) is 0.256. The number of aryl methyl sites for hydroxylation is 1. The molecule has 0 saturated heterocycles. The van der Waals surface area contributed by atoms with E-state index in [2.05, 4.69) is 16.2 Å². The van der Waals surface area contributed by atoms with E-state index in [9.17, 15) is 19.8 Å². The predicted octanol–water partition coefficient (Wildman–Crippen LogP) is 5.57. The third-order valence-electron chi connectivity index (χ3n) is 6.34. The van der Waals surface area contributed by atoms with Crippen LogP contribution in [0.2, 0.25) is 0 Å². The van der Waals surface area contributed by atoms with Crippen LogP contribution in [0.25, 0.3) is 0 Å². The lowest BCUT2D eigenvalue weighted by molar-refractivity contribution is 0.158. The van der Waals surface area contributed by atoms with E-state index in [0.29, 0.717) is 25.3 Å². The van der Waals surface area contributed by atoms with Crippen molar-refractivity contribution in [2.75, 3.05) is 29.8 Å². The van der Waals surface area contributed by atoms with Crippen LogP contribution in [0.1, 0.15) is 50.2 Å². The molecule has 0 saturated carbocycles. The SMILES string of the molecule is CCO/N=C1\CCCc2cc(OCCCCCN3C=CN(c4ccnc(N)c4)S3(C(=O)O)C(=O)O)ccc21. The Kier molecular flexibility index (Phi) is 8.62. The maximum absolute atomic E-state index is 12.4. The summed E-state index contributed by atoms with van der Waals surface area (Å²) in [6.07, 6.45) is 9.44. The van der Waals surface area contributed by atoms with Crippen molar-refractivity contribution in [2.24, 2.45) is 5.16 Å². The second-order valence-corrected chi connectivity index (χ2v) is 11.5. The van der Waals surface area contributed by atoms with Gasteiger partial charge in [-0.15, -0.1) is 0 Å². The lowest BCUT2D eigenvalue weighted by Gasteiger charge is -2.42. The zero-order valence-corrected chi connectivity index (χ0v) is 22.1. The fourth-order valence-electron chi connectivity index (χ4n) is 4.59. The number of oxime groups is 1. The van der Waals surface area contributed by atoms with E-state index < -0.39 is 21.0 Å². The highest BCUT2D eigenvalue weighted by Gasteiger charge is 2.53. The van der Waals surface area contributed by atoms with Crippen LogP contribution >= 0.6 is 10.4 Å². The molecule has 1 aromatic carbocycles. The van der Waals surface area contributed by atoms with Crippen LogP contribution in [0.5, 0.6) is 5.75 Å². The Hall–Kier alpha value is -3.93. The Morgan fingerprint density at radius 1 is 1.11 bits per heavy atom. The Morgan fingerprint density at radius 3 is 2.66 bits per heavy atom. The van der Waals surface area contributed by atoms with Gasteiger partial charge in [0.15, 0.2) is 0 Å². The first kappa shape index (κ1) is 27.1. The molecule has 12 heteroatoms. The van der Waals surface area contributed by atoms with Gasteiger partial charge in [0.25, 0.3) is 0 Å². The van der Waals surface area contributed by atoms with Crippen molar-refractivity contribution in [1.29, 1.82) is 0 Å². The Bertz CT molecular complexity index is 1220. The predicted molar refractivity (Wildman–Crippen MR) is 148 cm³/mol. The van der Waals surface area contributed by atoms with Gasteiger partial charge >= 0.3 is 10.6 Å². The molecule has 0 atom stereocenters. The summed E-state index contributed by atoms with van der Waals surface area (Å²) < 4.78 is 8.65. The second kappa shape index (κ2) is 12.1. The fraction of sp³-hybridized carbons (Fsp3) is 0.385. The van der Waals surface area contributed by atoms with Crippen LogP contribution in [-0.4, -0.2) is 55.6 Å². The molecule has 1 aromatic heterocycles. The summed E-state index contributed by atoms with van der Waals surface area (Å²) in [6, 6.07) is 9.04. The van der Waals surface area contributed by atoms with Gasteiger partial charge in [-0.1, -0.05) is 5.16 Å². The minimum atomic E-state index is -3.45. The van der Waals surface area contributed by atoms with E-state index in [1.54, 1.807) is 6.07 Å². The molecule has 2 aliphatic rings. The number of ether oxygens (including phenoxy) is 1. The summed E-state index contributed by atoms with van der Waals surface area (Å²) >= 11 is 0. The van der Waals surface area contributed by atoms with Crippen molar-refractivity contribution in [1.82, 2.24) is 9.29 Å². The van der Waals surface area contributed by atoms with Crippen LogP contribution < -0.4 is 14.8 Å². The Balaban J connectivity index is 1.31. The highest BCUT2D eigenvalue weighted by molar-refractivity contribution is 8.54. The van der Waals surface area contributed by atoms with Gasteiger partial charge in [0.1, 0.15) is 28.6 Å². The molecular weight excluding hydrogens is 510 g/mol. The average molecular weight is 544 g/mol. The molecule has 0 amide bonds. The third-order valence-corrected chi connectivity index (χ3v) is 9.20. The Labute approximate surface area is 223 Å². The monoisotopic (exact) mass is 543 g/mol. The molecular formula is C26H33N5O6S. The summed E-state index contributed by atoms with van der Waals surface area (Å²) in [5, 5.41) is 21.6. The van der Waals surface area contributed by atoms with Gasteiger partial charge in [0.2, 0.25) is 0 Å². The molecule has 0 unspecified atom stereocenters. The minimum Gasteiger partial charge on any atom is -0.494 e. The number of rotatable bonds is 10. The van der Waals surface area contributed by atoms with E-state index in [1.165, 1.54) is 38.8 Å². The number of hydrogen-bond acceptors (Lipinski definition) is 9. The van der Waals surface area contributed by atoms with Gasteiger partial charge in [-0.25, -0.2) is 14.6 Å². The number of hydrogen-bond donors (Lipinski definition) is 3. The van der Waals surface area contributed by atoms with Gasteiger partial charge in [0, 0.05) is 36.8 Å². The van der Waals surface area contributed by atoms with Gasteiger partial charge < -0.3 is 29.8 Å². The third kappa shape index (κ3) is 5.49. The molecule has 38 heavy (non-hydrogen) atoms. The largest absolute Gasteiger partial charge is 0.494 e. The molecule has 0 spiro atoms. The molecule has 4 N–H and O–H groups in total. The van der Waals surface area contributed by atoms with E-state index >= 15 is 0 Å². The standard InChI is InChI=1S/C26H33N5O6S/c1-2-37-29-23-8-6-7-19-17-21(9-10-22(19)23)36-16-5-3-4-13-30-14-15-31(20-11-12-28-24(27)18-20)38(30,25(32)33)26(34)35/h9-12,14-15,17-18H,2-8,13,16H2,1H3,(H2,27,28)(H,32,33)(H,34,35)/b29-23+. The smallest absolute Gasteiger partial charge is 0.393 e. The maximum atomic E-state index is 12.4. The molecule has 1 aliphatic carbocycles. The van der Waals surface area contributed by atoms with Crippen molar-refractivity contribution in [2.45, 2.75) is 45.4 Å². The lowest BCUT2D eigenvalue weighted by Crippen LogP contribution is -2.39. The number of carboxylic acid groups (broad SMARTS) is 2. The number of anilines is 2. The minimum absolute atomic E-state index is 0.177. The number of nitrogens with two attached hydrogens (primary N) is 1. The van der Waals surface area contributed by atoms with Crippen LogP contribution in [-0.2, 0) is 11.3 Å². The first-order valence-corrected chi connectivity index (χ1v) is 14.1. The van der Waals surface area contributed by atoms with Crippen LogP contribution in [0, 0.1) is 0 Å². The number of nitrogens with zero attached hydrogens (tertiary/aromatic N) is 4. The van der Waals surface area contributed by atoms with Gasteiger partial charge in [-0.3, -0.25) is 4.31 Å². The van der Waals surface area contributed by atoms with Gasteiger partial charge in [-0.2, -0.15) is 0 Å². The molecule has 0 fully saturated rings. The maximum Gasteiger partial charge on any atom is 0.393 e. The number of fused-ring (bicyclic) bond motifs is 1. The summed E-state index contributed by atoms with van der Waals surface area (Å²) in [7, 11) is -3.45. The second-order valence-electron chi connectivity index (χ2n) is 8.82. The molecule has 0 bridgehead atoms. The molecule has 2 heterocycles. The fourth-order valence-corrected chi connectivity index (χ4v) is 6.98. The topological polar surface area (TPSA) is 151 Å². The molecule has 1 aliphatic heterocycles. The lowest BCUT2D eigenvalue weighted by atomic mass is 9.90. The number of aromatic nitrogens is 1. The van der Waals surface area contributed by atoms with Crippen molar-refractivity contribution in [3.8, 4) is 5.75 Å². The van der Waals surface area contributed by atoms with E-state index in [-0.39, 0.29) is 12.4 Å². The first-order chi connectivity index (χ1) is 18.4. The van der Waals surface area contributed by atoms with E-state index in [4.69, 9.17) is 15.3 Å². The summed E-state index contributed by atoms with van der Waals surface area (Å²) in [4.78, 5) is 33.9. The number of carbonyl (C=O) groups is 2. The normalized spacial score (nSPS) is 17.8. The summed E-state index contributed by atoms with van der Waals surface area (Å²) in [5.41, 5.74) is 9.40. The molecule has 11 nitrogen and oxygen atoms in total. The van der Waals surface area contributed by atoms with Crippen LogP contribution in [0.3, 0.4) is 0 Å². The first-order valence-electron chi connectivity index (χ1n) is 12.6. The number of benzene rings is 1. The number of pyridine rings is 1. The van der Waals surface area contributed by atoms with E-state index in [0.717, 1.165) is 49.1 Å². The molecule has 204 valence electrons. The molecule has 4 rings (SSSR count). The molecule has 0 radical (unpaired) electrons. The average Bonchev–Trinajstić information content (AvgIpc) is 3.30. The summed E-state index contributed by atoms with van der Waals surface area (Å²) in [6.45, 7) is 3.24. The molecule has 2 aromatic rings. The van der Waals surface area contributed by atoms with Crippen LogP contribution in [0.15, 0.2) is 54.1 Å². The number of nitrogen functional groups attached to an aromatic ring is 1. The van der Waals surface area contributed by atoms with Gasteiger partial charge in [0.05, 0.1) is 18.0 Å². The van der Waals surface area contributed by atoms with Crippen molar-refractivity contribution < 1.29 is 29.4 Å². The van der Waals surface area contributed by atoms with Crippen molar-refractivity contribution in [3.05, 3.63) is 60.1 Å². The highest BCUT2D eigenvalue weighted by Crippen LogP contribution is 2.61. The van der Waals surface area contributed by atoms with E-state index in [1.807, 2.05) is 19.1 Å². The summed E-state index contributed by atoms with van der Waals surface area (Å²) in [5.74, 6) is 0.979. The Morgan fingerprint density at radius 2 is 1.92 bits per heavy atom. The number of unbranched alkanes of at least 4 members (excludes halogenated alkanes) is 2. The van der Waals surface area contributed by atoms with Gasteiger partial charge in [-0.05, 0) is 75.3 Å². The van der Waals surface area contributed by atoms with Crippen molar-refractivity contribution in [3.63, 3.8) is 0 Å².